The molecule has 0 bridgehead atoms. The van der Waals surface area contributed by atoms with Crippen LogP contribution in [0, 0.1) is 6.92 Å². The number of piperidine rings is 1. The molecule has 0 atom stereocenters. The van der Waals surface area contributed by atoms with Gasteiger partial charge in [0, 0.05) is 53.4 Å². The van der Waals surface area contributed by atoms with Crippen LogP contribution >= 0.6 is 11.6 Å². The highest BCUT2D eigenvalue weighted by atomic mass is 35.5. The van der Waals surface area contributed by atoms with Gasteiger partial charge in [-0.3, -0.25) is 4.99 Å². The van der Waals surface area contributed by atoms with Crippen molar-refractivity contribution < 1.29 is 0 Å². The fourth-order valence-corrected chi connectivity index (χ4v) is 4.26. The van der Waals surface area contributed by atoms with Crippen LogP contribution in [0.25, 0.3) is 5.70 Å². The maximum absolute atomic E-state index is 6.11. The van der Waals surface area contributed by atoms with E-state index in [1.54, 1.807) is 0 Å². The maximum atomic E-state index is 6.11. The fraction of sp³-hybridized carbons (Fsp3) is 0.296. The Kier molecular flexibility index (Phi) is 7.80. The van der Waals surface area contributed by atoms with Gasteiger partial charge in [-0.05, 0) is 75.7 Å². The smallest absolute Gasteiger partial charge is 0.227 e. The number of aliphatic imine (C=N–C) groups is 1. The summed E-state index contributed by atoms with van der Waals surface area (Å²) in [6.45, 7) is 10.4. The van der Waals surface area contributed by atoms with Gasteiger partial charge in [0.15, 0.2) is 0 Å². The second kappa shape index (κ2) is 11.2. The number of hydrogen-bond donors (Lipinski definition) is 2. The van der Waals surface area contributed by atoms with Gasteiger partial charge in [-0.25, -0.2) is 4.98 Å². The Bertz CT molecular complexity index is 1170. The van der Waals surface area contributed by atoms with Crippen molar-refractivity contribution >= 4 is 47.2 Å². The van der Waals surface area contributed by atoms with E-state index in [1.165, 1.54) is 24.8 Å². The number of halogens is 1. The molecule has 34 heavy (non-hydrogen) atoms. The number of rotatable bonds is 8. The zero-order valence-corrected chi connectivity index (χ0v) is 20.6. The molecule has 1 saturated heterocycles. The summed E-state index contributed by atoms with van der Waals surface area (Å²) in [5, 5.41) is 7.57. The van der Waals surface area contributed by atoms with Crippen LogP contribution < -0.4 is 15.5 Å². The van der Waals surface area contributed by atoms with E-state index < -0.39 is 0 Å². The molecule has 3 aromatic rings. The number of allylic oxidation sites excluding steroid dienone is 1. The zero-order chi connectivity index (χ0) is 23.9. The summed E-state index contributed by atoms with van der Waals surface area (Å²) in [5.74, 6) is 1.69. The Balaban J connectivity index is 1.40. The van der Waals surface area contributed by atoms with Gasteiger partial charge in [0.1, 0.15) is 5.82 Å². The first-order valence-corrected chi connectivity index (χ1v) is 12.1. The van der Waals surface area contributed by atoms with Crippen LogP contribution in [0.1, 0.15) is 43.0 Å². The summed E-state index contributed by atoms with van der Waals surface area (Å²) < 4.78 is 0. The average Bonchev–Trinajstić information content (AvgIpc) is 2.87. The third-order valence-electron chi connectivity index (χ3n) is 5.90. The first-order valence-electron chi connectivity index (χ1n) is 11.7. The molecule has 4 rings (SSSR count). The molecule has 0 unspecified atom stereocenters. The minimum atomic E-state index is 0.639. The van der Waals surface area contributed by atoms with Crippen molar-refractivity contribution in [1.29, 1.82) is 0 Å². The van der Waals surface area contributed by atoms with Crippen molar-refractivity contribution in [3.05, 3.63) is 76.5 Å². The Morgan fingerprint density at radius 1 is 1.09 bits per heavy atom. The molecule has 6 nitrogen and oxygen atoms in total. The fourth-order valence-electron chi connectivity index (χ4n) is 4.09. The molecule has 1 aromatic heterocycles. The highest BCUT2D eigenvalue weighted by Crippen LogP contribution is 2.30. The molecule has 2 aromatic carbocycles. The zero-order valence-electron chi connectivity index (χ0n) is 19.8. The Hall–Kier alpha value is -3.38. The average molecular weight is 475 g/mol. The molecule has 0 spiro atoms. The number of hydrogen-bond acceptors (Lipinski definition) is 6. The molecule has 7 heteroatoms. The molecule has 1 aliphatic rings. The maximum Gasteiger partial charge on any atom is 0.227 e. The molecular formula is C27H31ClN6. The molecular weight excluding hydrogens is 444 g/mol. The van der Waals surface area contributed by atoms with E-state index in [2.05, 4.69) is 56.5 Å². The van der Waals surface area contributed by atoms with Crippen LogP contribution in [0.15, 0.2) is 59.6 Å². The highest BCUT2D eigenvalue weighted by molar-refractivity contribution is 6.31. The monoisotopic (exact) mass is 474 g/mol. The molecule has 1 aliphatic heterocycles. The standard InChI is InChI=1S/C27H31ClN6/c1-4-24(23-13-10-21(28)17-25(23)29-3)32-22-11-8-20(9-12-22)18-30-26-16-19(2)31-27(33-26)34-14-6-5-7-15-34/h4,8-13,16-17,32H,3,5-7,14-15,18H2,1-2H3,(H,30,31,33)/b24-4+. The lowest BCUT2D eigenvalue weighted by molar-refractivity contribution is 0.568. The van der Waals surface area contributed by atoms with Gasteiger partial charge >= 0.3 is 0 Å². The summed E-state index contributed by atoms with van der Waals surface area (Å²) in [7, 11) is 0. The number of nitrogens with one attached hydrogen (secondary N) is 2. The molecule has 2 heterocycles. The van der Waals surface area contributed by atoms with E-state index in [4.69, 9.17) is 16.6 Å². The second-order valence-corrected chi connectivity index (χ2v) is 8.88. The number of benzene rings is 2. The molecule has 0 amide bonds. The summed E-state index contributed by atoms with van der Waals surface area (Å²) in [5.41, 5.74) is 5.79. The lowest BCUT2D eigenvalue weighted by Crippen LogP contribution is -2.31. The second-order valence-electron chi connectivity index (χ2n) is 8.44. The molecule has 0 radical (unpaired) electrons. The predicted octanol–water partition coefficient (Wildman–Crippen LogP) is 6.85. The van der Waals surface area contributed by atoms with Crippen LogP contribution in [0.4, 0.5) is 23.1 Å². The van der Waals surface area contributed by atoms with Crippen molar-refractivity contribution in [2.24, 2.45) is 4.99 Å². The number of aryl methyl sites for hydroxylation is 1. The van der Waals surface area contributed by atoms with Crippen LogP contribution in [0.3, 0.4) is 0 Å². The SMILES string of the molecule is C=Nc1cc(Cl)ccc1/C(=C\C)Nc1ccc(CNc2cc(C)nc(N3CCCCC3)n2)cc1. The third kappa shape index (κ3) is 5.94. The van der Waals surface area contributed by atoms with Gasteiger partial charge in [0.2, 0.25) is 5.95 Å². The number of nitrogens with zero attached hydrogens (tertiary/aromatic N) is 4. The first kappa shape index (κ1) is 23.8. The molecule has 0 aliphatic carbocycles. The summed E-state index contributed by atoms with van der Waals surface area (Å²) in [6.07, 6.45) is 5.72. The Morgan fingerprint density at radius 2 is 1.85 bits per heavy atom. The molecule has 1 fully saturated rings. The van der Waals surface area contributed by atoms with Crippen LogP contribution in [-0.2, 0) is 6.54 Å². The molecule has 0 saturated carbocycles. The Morgan fingerprint density at radius 3 is 2.56 bits per heavy atom. The van der Waals surface area contributed by atoms with E-state index >= 15 is 0 Å². The summed E-state index contributed by atoms with van der Waals surface area (Å²) >= 11 is 6.11. The highest BCUT2D eigenvalue weighted by Gasteiger charge is 2.14. The van der Waals surface area contributed by atoms with Crippen molar-refractivity contribution in [1.82, 2.24) is 9.97 Å². The van der Waals surface area contributed by atoms with Gasteiger partial charge in [0.05, 0.1) is 5.69 Å². The summed E-state index contributed by atoms with van der Waals surface area (Å²) in [4.78, 5) is 15.8. The van der Waals surface area contributed by atoms with E-state index in [0.717, 1.165) is 53.2 Å². The van der Waals surface area contributed by atoms with Crippen molar-refractivity contribution in [2.75, 3.05) is 28.6 Å². The largest absolute Gasteiger partial charge is 0.366 e. The molecule has 176 valence electrons. The minimum absolute atomic E-state index is 0.639. The van der Waals surface area contributed by atoms with Gasteiger partial charge in [0.25, 0.3) is 0 Å². The first-order chi connectivity index (χ1) is 16.6. The van der Waals surface area contributed by atoms with Crippen LogP contribution in [-0.4, -0.2) is 29.8 Å². The third-order valence-corrected chi connectivity index (χ3v) is 6.13. The Labute approximate surface area is 206 Å². The van der Waals surface area contributed by atoms with E-state index in [-0.39, 0.29) is 0 Å². The van der Waals surface area contributed by atoms with E-state index in [1.807, 2.05) is 44.2 Å². The lowest BCUT2D eigenvalue weighted by Gasteiger charge is -2.27. The van der Waals surface area contributed by atoms with Crippen LogP contribution in [0.5, 0.6) is 0 Å². The van der Waals surface area contributed by atoms with Gasteiger partial charge in [-0.1, -0.05) is 29.8 Å². The van der Waals surface area contributed by atoms with Crippen molar-refractivity contribution in [3.63, 3.8) is 0 Å². The quantitative estimate of drug-likeness (QED) is 0.349. The number of anilines is 3. The predicted molar refractivity (Wildman–Crippen MR) is 145 cm³/mol. The lowest BCUT2D eigenvalue weighted by atomic mass is 10.1. The van der Waals surface area contributed by atoms with Gasteiger partial charge in [-0.15, -0.1) is 0 Å². The minimum Gasteiger partial charge on any atom is -0.366 e. The van der Waals surface area contributed by atoms with Gasteiger partial charge < -0.3 is 15.5 Å². The van der Waals surface area contributed by atoms with E-state index in [0.29, 0.717) is 11.6 Å². The molecule has 2 N–H and O–H groups in total. The normalized spacial score (nSPS) is 14.1. The van der Waals surface area contributed by atoms with Crippen LogP contribution in [0.2, 0.25) is 5.02 Å². The summed E-state index contributed by atoms with van der Waals surface area (Å²) in [6, 6.07) is 16.0. The van der Waals surface area contributed by atoms with Crippen molar-refractivity contribution in [2.45, 2.75) is 39.7 Å². The van der Waals surface area contributed by atoms with Gasteiger partial charge in [-0.2, -0.15) is 4.98 Å². The van der Waals surface area contributed by atoms with Crippen molar-refractivity contribution in [3.8, 4) is 0 Å². The number of aromatic nitrogens is 2. The topological polar surface area (TPSA) is 65.4 Å². The van der Waals surface area contributed by atoms with E-state index in [9.17, 15) is 0 Å².